The van der Waals surface area contributed by atoms with Crippen LogP contribution in [0.15, 0.2) is 70.6 Å². The van der Waals surface area contributed by atoms with Gasteiger partial charge in [-0.3, -0.25) is 14.2 Å². The van der Waals surface area contributed by atoms with E-state index in [4.69, 9.17) is 9.47 Å². The summed E-state index contributed by atoms with van der Waals surface area (Å²) in [7, 11) is 3.04. The predicted octanol–water partition coefficient (Wildman–Crippen LogP) is 3.83. The van der Waals surface area contributed by atoms with E-state index in [1.807, 2.05) is 31.2 Å². The van der Waals surface area contributed by atoms with Crippen LogP contribution in [-0.4, -0.2) is 40.5 Å². The lowest BCUT2D eigenvalue weighted by Gasteiger charge is -2.15. The van der Waals surface area contributed by atoms with Gasteiger partial charge in [-0.15, -0.1) is 0 Å². The molecule has 35 heavy (non-hydrogen) atoms. The Balaban J connectivity index is 1.66. The number of rotatable bonds is 8. The van der Waals surface area contributed by atoms with Gasteiger partial charge in [-0.1, -0.05) is 41.6 Å². The molecule has 0 saturated heterocycles. The summed E-state index contributed by atoms with van der Waals surface area (Å²) in [5, 5.41) is 13.4. The highest BCUT2D eigenvalue weighted by molar-refractivity contribution is 7.99. The highest BCUT2D eigenvalue weighted by Gasteiger charge is 2.17. The van der Waals surface area contributed by atoms with Crippen molar-refractivity contribution in [2.45, 2.75) is 18.6 Å². The minimum absolute atomic E-state index is 0.0360. The number of carbonyl (C=O) groups is 1. The molecule has 1 amide bonds. The van der Waals surface area contributed by atoms with Crippen molar-refractivity contribution in [3.05, 3.63) is 82.1 Å². The number of benzene rings is 3. The van der Waals surface area contributed by atoms with Gasteiger partial charge < -0.3 is 19.9 Å². The Morgan fingerprint density at radius 3 is 2.49 bits per heavy atom. The van der Waals surface area contributed by atoms with Gasteiger partial charge in [-0.2, -0.15) is 0 Å². The zero-order chi connectivity index (χ0) is 24.9. The molecule has 9 heteroatoms. The summed E-state index contributed by atoms with van der Waals surface area (Å²) >= 11 is 1.15. The van der Waals surface area contributed by atoms with Gasteiger partial charge in [0.1, 0.15) is 5.75 Å². The average Bonchev–Trinajstić information content (AvgIpc) is 2.87. The van der Waals surface area contributed by atoms with Crippen LogP contribution in [0.4, 0.5) is 0 Å². The van der Waals surface area contributed by atoms with Crippen molar-refractivity contribution in [1.82, 2.24) is 14.9 Å². The SMILES string of the molecule is COc1ccc(-n2c(SCC(=O)NCc3ccc(C)cc3)nc3ccc(O)cc3c2=O)cc1OC. The molecule has 0 atom stereocenters. The molecule has 0 fully saturated rings. The van der Waals surface area contributed by atoms with Gasteiger partial charge in [0, 0.05) is 12.6 Å². The number of aryl methyl sites for hydroxylation is 1. The van der Waals surface area contributed by atoms with Crippen LogP contribution < -0.4 is 20.3 Å². The second-order valence-electron chi connectivity index (χ2n) is 7.83. The van der Waals surface area contributed by atoms with E-state index in [0.29, 0.717) is 34.4 Å². The number of hydrogen-bond acceptors (Lipinski definition) is 7. The number of aromatic nitrogens is 2. The van der Waals surface area contributed by atoms with Crippen LogP contribution in [-0.2, 0) is 11.3 Å². The molecule has 0 bridgehead atoms. The van der Waals surface area contributed by atoms with Gasteiger partial charge in [-0.25, -0.2) is 4.98 Å². The molecular weight excluding hydrogens is 466 g/mol. The van der Waals surface area contributed by atoms with Gasteiger partial charge in [0.2, 0.25) is 5.91 Å². The molecule has 0 unspecified atom stereocenters. The summed E-state index contributed by atoms with van der Waals surface area (Å²) in [6.07, 6.45) is 0. The van der Waals surface area contributed by atoms with Gasteiger partial charge in [0.25, 0.3) is 5.56 Å². The smallest absolute Gasteiger partial charge is 0.266 e. The highest BCUT2D eigenvalue weighted by atomic mass is 32.2. The predicted molar refractivity (Wildman–Crippen MR) is 136 cm³/mol. The van der Waals surface area contributed by atoms with Gasteiger partial charge >= 0.3 is 0 Å². The van der Waals surface area contributed by atoms with Gasteiger partial charge in [-0.05, 0) is 42.8 Å². The molecule has 180 valence electrons. The molecule has 4 aromatic rings. The number of phenolic OH excluding ortho intramolecular Hbond substituents is 1. The number of fused-ring (bicyclic) bond motifs is 1. The minimum Gasteiger partial charge on any atom is -0.508 e. The number of nitrogens with zero attached hydrogens (tertiary/aromatic N) is 2. The molecule has 8 nitrogen and oxygen atoms in total. The zero-order valence-electron chi connectivity index (χ0n) is 19.6. The van der Waals surface area contributed by atoms with E-state index >= 15 is 0 Å². The number of thioether (sulfide) groups is 1. The van der Waals surface area contributed by atoms with E-state index in [-0.39, 0.29) is 28.4 Å². The third-order valence-corrected chi connectivity index (χ3v) is 6.33. The Hall–Kier alpha value is -3.98. The standard InChI is InChI=1S/C26H25N3O5S/c1-16-4-6-17(7-5-16)14-27-24(31)15-35-26-28-21-10-9-19(30)13-20(21)25(32)29(26)18-8-11-22(33-2)23(12-18)34-3/h4-13,30H,14-15H2,1-3H3,(H,27,31). The van der Waals surface area contributed by atoms with Crippen molar-refractivity contribution < 1.29 is 19.4 Å². The summed E-state index contributed by atoms with van der Waals surface area (Å²) in [4.78, 5) is 30.6. The first kappa shape index (κ1) is 24.2. The summed E-state index contributed by atoms with van der Waals surface area (Å²) in [6, 6.07) is 17.4. The number of nitrogens with one attached hydrogen (secondary N) is 1. The molecule has 0 saturated carbocycles. The van der Waals surface area contributed by atoms with Crippen LogP contribution in [0.1, 0.15) is 11.1 Å². The van der Waals surface area contributed by atoms with E-state index in [1.54, 1.807) is 24.3 Å². The topological polar surface area (TPSA) is 103 Å². The minimum atomic E-state index is -0.374. The first-order chi connectivity index (χ1) is 16.9. The van der Waals surface area contributed by atoms with E-state index in [2.05, 4.69) is 10.3 Å². The molecule has 0 spiro atoms. The van der Waals surface area contributed by atoms with Crippen molar-refractivity contribution in [1.29, 1.82) is 0 Å². The normalized spacial score (nSPS) is 10.8. The molecule has 3 aromatic carbocycles. The van der Waals surface area contributed by atoms with Gasteiger partial charge in [0.05, 0.1) is 36.6 Å². The Bertz CT molecular complexity index is 1430. The lowest BCUT2D eigenvalue weighted by molar-refractivity contribution is -0.118. The number of methoxy groups -OCH3 is 2. The largest absolute Gasteiger partial charge is 0.508 e. The highest BCUT2D eigenvalue weighted by Crippen LogP contribution is 2.31. The lowest BCUT2D eigenvalue weighted by atomic mass is 10.1. The second kappa shape index (κ2) is 10.5. The van der Waals surface area contributed by atoms with Crippen LogP contribution in [0, 0.1) is 6.92 Å². The van der Waals surface area contributed by atoms with Crippen molar-refractivity contribution in [2.75, 3.05) is 20.0 Å². The monoisotopic (exact) mass is 491 g/mol. The quantitative estimate of drug-likeness (QED) is 0.285. The zero-order valence-corrected chi connectivity index (χ0v) is 20.4. The molecule has 1 aromatic heterocycles. The van der Waals surface area contributed by atoms with Crippen LogP contribution in [0.2, 0.25) is 0 Å². The molecule has 0 aliphatic heterocycles. The number of ether oxygens (including phenoxy) is 2. The third kappa shape index (κ3) is 5.41. The fraction of sp³-hybridized carbons (Fsp3) is 0.192. The fourth-order valence-corrected chi connectivity index (χ4v) is 4.37. The summed E-state index contributed by atoms with van der Waals surface area (Å²) in [5.74, 6) is 0.801. The number of carbonyl (C=O) groups excluding carboxylic acids is 1. The van der Waals surface area contributed by atoms with Crippen LogP contribution >= 0.6 is 11.8 Å². The lowest BCUT2D eigenvalue weighted by Crippen LogP contribution is -2.26. The molecule has 0 radical (unpaired) electrons. The second-order valence-corrected chi connectivity index (χ2v) is 8.77. The average molecular weight is 492 g/mol. The fourth-order valence-electron chi connectivity index (χ4n) is 3.53. The maximum absolute atomic E-state index is 13.5. The summed E-state index contributed by atoms with van der Waals surface area (Å²) in [6.45, 7) is 2.42. The van der Waals surface area contributed by atoms with Crippen molar-refractivity contribution >= 4 is 28.6 Å². The summed E-state index contributed by atoms with van der Waals surface area (Å²) in [5.41, 5.74) is 2.69. The van der Waals surface area contributed by atoms with Crippen LogP contribution in [0.5, 0.6) is 17.2 Å². The Kier molecular flexibility index (Phi) is 7.26. The van der Waals surface area contributed by atoms with E-state index in [1.165, 1.54) is 30.9 Å². The molecule has 0 aliphatic carbocycles. The van der Waals surface area contributed by atoms with E-state index in [0.717, 1.165) is 22.9 Å². The number of aromatic hydroxyl groups is 1. The number of phenols is 1. The van der Waals surface area contributed by atoms with Crippen molar-refractivity contribution in [3.8, 4) is 22.9 Å². The maximum atomic E-state index is 13.5. The van der Waals surface area contributed by atoms with E-state index < -0.39 is 0 Å². The van der Waals surface area contributed by atoms with Crippen LogP contribution in [0.25, 0.3) is 16.6 Å². The van der Waals surface area contributed by atoms with E-state index in [9.17, 15) is 14.7 Å². The molecular formula is C26H25N3O5S. The summed E-state index contributed by atoms with van der Waals surface area (Å²) < 4.78 is 12.1. The number of hydrogen-bond donors (Lipinski definition) is 2. The Morgan fingerprint density at radius 1 is 1.03 bits per heavy atom. The Morgan fingerprint density at radius 2 is 1.77 bits per heavy atom. The van der Waals surface area contributed by atoms with Gasteiger partial charge in [0.15, 0.2) is 16.7 Å². The molecule has 0 aliphatic rings. The first-order valence-corrected chi connectivity index (χ1v) is 11.8. The van der Waals surface area contributed by atoms with Crippen LogP contribution in [0.3, 0.4) is 0 Å². The molecule has 2 N–H and O–H groups in total. The molecule has 4 rings (SSSR count). The Labute approximate surface area is 206 Å². The third-order valence-electron chi connectivity index (χ3n) is 5.39. The first-order valence-electron chi connectivity index (χ1n) is 10.8. The maximum Gasteiger partial charge on any atom is 0.266 e. The number of amides is 1. The molecule has 1 heterocycles. The van der Waals surface area contributed by atoms with Crippen molar-refractivity contribution in [3.63, 3.8) is 0 Å². The van der Waals surface area contributed by atoms with Crippen molar-refractivity contribution in [2.24, 2.45) is 0 Å².